The van der Waals surface area contributed by atoms with Crippen molar-refractivity contribution in [2.24, 2.45) is 11.8 Å². The summed E-state index contributed by atoms with van der Waals surface area (Å²) in [5.74, 6) is 1.44. The molecule has 0 spiro atoms. The van der Waals surface area contributed by atoms with Crippen LogP contribution in [-0.4, -0.2) is 29.4 Å². The molecule has 1 fully saturated rings. The van der Waals surface area contributed by atoms with Crippen molar-refractivity contribution >= 4 is 11.6 Å². The predicted molar refractivity (Wildman–Crippen MR) is 63.9 cm³/mol. The van der Waals surface area contributed by atoms with Gasteiger partial charge in [0.15, 0.2) is 0 Å². The van der Waals surface area contributed by atoms with Gasteiger partial charge in [-0.1, -0.05) is 27.2 Å². The molecule has 0 aromatic heterocycles. The predicted octanol–water partition coefficient (Wildman–Crippen LogP) is 3.37. The fraction of sp³-hybridized carbons (Fsp3) is 1.00. The van der Waals surface area contributed by atoms with Gasteiger partial charge in [0, 0.05) is 17.5 Å². The van der Waals surface area contributed by atoms with Gasteiger partial charge in [0.05, 0.1) is 0 Å². The molecule has 0 aromatic rings. The summed E-state index contributed by atoms with van der Waals surface area (Å²) >= 11 is 6.24. The Kier molecular flexibility index (Phi) is 3.87. The van der Waals surface area contributed by atoms with Gasteiger partial charge in [-0.3, -0.25) is 4.90 Å². The maximum Gasteiger partial charge on any atom is 0.0466 e. The summed E-state index contributed by atoms with van der Waals surface area (Å²) < 4.78 is 0. The van der Waals surface area contributed by atoms with Crippen molar-refractivity contribution in [3.05, 3.63) is 0 Å². The van der Waals surface area contributed by atoms with Crippen LogP contribution in [-0.2, 0) is 0 Å². The van der Waals surface area contributed by atoms with Crippen LogP contribution in [0.3, 0.4) is 0 Å². The van der Waals surface area contributed by atoms with Gasteiger partial charge in [0.2, 0.25) is 0 Å². The van der Waals surface area contributed by atoms with Gasteiger partial charge < -0.3 is 0 Å². The summed E-state index contributed by atoms with van der Waals surface area (Å²) in [6.07, 6.45) is 2.41. The number of hydrogen-bond donors (Lipinski definition) is 0. The van der Waals surface area contributed by atoms with Crippen molar-refractivity contribution in [1.29, 1.82) is 0 Å². The minimum atomic E-state index is 0.333. The van der Waals surface area contributed by atoms with E-state index in [1.807, 2.05) is 0 Å². The zero-order chi connectivity index (χ0) is 10.9. The van der Waals surface area contributed by atoms with Gasteiger partial charge in [-0.15, -0.1) is 11.6 Å². The lowest BCUT2D eigenvalue weighted by Crippen LogP contribution is -2.59. The summed E-state index contributed by atoms with van der Waals surface area (Å²) in [4.78, 5) is 2.47. The molecule has 1 saturated heterocycles. The second-order valence-corrected chi connectivity index (χ2v) is 5.77. The van der Waals surface area contributed by atoms with Crippen molar-refractivity contribution < 1.29 is 0 Å². The molecule has 4 atom stereocenters. The number of rotatable bonds is 2. The van der Waals surface area contributed by atoms with Crippen LogP contribution >= 0.6 is 11.6 Å². The highest BCUT2D eigenvalue weighted by Gasteiger charge is 2.43. The van der Waals surface area contributed by atoms with Crippen LogP contribution in [0, 0.1) is 11.8 Å². The highest BCUT2D eigenvalue weighted by Crippen LogP contribution is 2.40. The monoisotopic (exact) mass is 217 g/mol. The first-order chi connectivity index (χ1) is 6.42. The Morgan fingerprint density at radius 3 is 2.57 bits per heavy atom. The highest BCUT2D eigenvalue weighted by atomic mass is 35.5. The minimum Gasteiger partial charge on any atom is -0.299 e. The number of alkyl halides is 1. The Bertz CT molecular complexity index is 181. The van der Waals surface area contributed by atoms with E-state index in [0.717, 1.165) is 18.9 Å². The standard InChI is InChI=1S/C12H24ClN/c1-6-9(2)12(4)10(3)7-11(13)8-14(12)5/h9-11H,6-8H2,1-5H3/t9?,10?,11?,12-/m1/s1. The van der Waals surface area contributed by atoms with Gasteiger partial charge in [0.25, 0.3) is 0 Å². The highest BCUT2D eigenvalue weighted by molar-refractivity contribution is 6.20. The minimum absolute atomic E-state index is 0.333. The van der Waals surface area contributed by atoms with E-state index in [0.29, 0.717) is 16.8 Å². The molecule has 2 heteroatoms. The Morgan fingerprint density at radius 1 is 1.57 bits per heavy atom. The molecule has 1 rings (SSSR count). The first-order valence-corrected chi connectivity index (χ1v) is 6.21. The second-order valence-electron chi connectivity index (χ2n) is 5.15. The average molecular weight is 218 g/mol. The van der Waals surface area contributed by atoms with E-state index in [9.17, 15) is 0 Å². The molecule has 3 unspecified atom stereocenters. The van der Waals surface area contributed by atoms with Crippen molar-refractivity contribution in [2.45, 2.75) is 51.5 Å². The van der Waals surface area contributed by atoms with Crippen LogP contribution in [0.15, 0.2) is 0 Å². The molecule has 0 radical (unpaired) electrons. The van der Waals surface area contributed by atoms with E-state index >= 15 is 0 Å². The molecule has 1 aliphatic rings. The van der Waals surface area contributed by atoms with Crippen LogP contribution in [0.2, 0.25) is 0 Å². The van der Waals surface area contributed by atoms with Gasteiger partial charge >= 0.3 is 0 Å². The molecule has 0 bridgehead atoms. The van der Waals surface area contributed by atoms with Gasteiger partial charge in [-0.05, 0) is 32.2 Å². The quantitative estimate of drug-likeness (QED) is 0.642. The number of piperidine rings is 1. The molecule has 1 heterocycles. The van der Waals surface area contributed by atoms with E-state index < -0.39 is 0 Å². The summed E-state index contributed by atoms with van der Waals surface area (Å²) in [6.45, 7) is 10.4. The van der Waals surface area contributed by atoms with Gasteiger partial charge in [0.1, 0.15) is 0 Å². The van der Waals surface area contributed by atoms with Crippen molar-refractivity contribution in [3.63, 3.8) is 0 Å². The Balaban J connectivity index is 2.83. The van der Waals surface area contributed by atoms with Crippen molar-refractivity contribution in [1.82, 2.24) is 4.90 Å². The largest absolute Gasteiger partial charge is 0.299 e. The third-order valence-corrected chi connectivity index (χ3v) is 4.83. The van der Waals surface area contributed by atoms with Crippen molar-refractivity contribution in [2.75, 3.05) is 13.6 Å². The summed E-state index contributed by atoms with van der Waals surface area (Å²) in [6, 6.07) is 0. The molecule has 14 heavy (non-hydrogen) atoms. The second kappa shape index (κ2) is 4.40. The van der Waals surface area contributed by atoms with Gasteiger partial charge in [-0.2, -0.15) is 0 Å². The number of halogens is 1. The Hall–Kier alpha value is 0.250. The molecular formula is C12H24ClN. The van der Waals surface area contributed by atoms with Crippen LogP contribution in [0.25, 0.3) is 0 Å². The third-order valence-electron chi connectivity index (χ3n) is 4.51. The first-order valence-electron chi connectivity index (χ1n) is 5.78. The normalized spacial score (nSPS) is 42.4. The fourth-order valence-electron chi connectivity index (χ4n) is 2.84. The van der Waals surface area contributed by atoms with Gasteiger partial charge in [-0.25, -0.2) is 0 Å². The van der Waals surface area contributed by atoms with E-state index in [-0.39, 0.29) is 0 Å². The molecule has 0 aromatic carbocycles. The molecule has 84 valence electrons. The topological polar surface area (TPSA) is 3.24 Å². The van der Waals surface area contributed by atoms with Crippen molar-refractivity contribution in [3.8, 4) is 0 Å². The summed E-state index contributed by atoms with van der Waals surface area (Å²) in [5.41, 5.74) is 0.333. The smallest absolute Gasteiger partial charge is 0.0466 e. The molecule has 1 nitrogen and oxygen atoms in total. The zero-order valence-corrected chi connectivity index (χ0v) is 10.9. The SMILES string of the molecule is CCC(C)[C@]1(C)C(C)CC(Cl)CN1C. The average Bonchev–Trinajstić information content (AvgIpc) is 2.12. The summed E-state index contributed by atoms with van der Waals surface area (Å²) in [5, 5.41) is 0.340. The number of nitrogens with zero attached hydrogens (tertiary/aromatic N) is 1. The van der Waals surface area contributed by atoms with E-state index in [4.69, 9.17) is 11.6 Å². The van der Waals surface area contributed by atoms with Crippen LogP contribution < -0.4 is 0 Å². The van der Waals surface area contributed by atoms with Crippen LogP contribution in [0.5, 0.6) is 0 Å². The molecule has 0 amide bonds. The van der Waals surface area contributed by atoms with E-state index in [1.54, 1.807) is 0 Å². The lowest BCUT2D eigenvalue weighted by Gasteiger charge is -2.52. The first kappa shape index (κ1) is 12.3. The number of likely N-dealkylation sites (tertiary alicyclic amines) is 1. The number of hydrogen-bond acceptors (Lipinski definition) is 1. The molecular weight excluding hydrogens is 194 g/mol. The maximum atomic E-state index is 6.24. The van der Waals surface area contributed by atoms with E-state index in [1.165, 1.54) is 6.42 Å². The molecule has 0 saturated carbocycles. The molecule has 1 aliphatic heterocycles. The van der Waals surface area contributed by atoms with Crippen LogP contribution in [0.4, 0.5) is 0 Å². The van der Waals surface area contributed by atoms with Crippen LogP contribution in [0.1, 0.15) is 40.5 Å². The maximum absolute atomic E-state index is 6.24. The zero-order valence-electron chi connectivity index (χ0n) is 10.2. The molecule has 0 N–H and O–H groups in total. The fourth-order valence-corrected chi connectivity index (χ4v) is 3.32. The molecule has 0 aliphatic carbocycles. The van der Waals surface area contributed by atoms with E-state index in [2.05, 4.69) is 39.6 Å². The summed E-state index contributed by atoms with van der Waals surface area (Å²) in [7, 11) is 2.22. The lowest BCUT2D eigenvalue weighted by molar-refractivity contribution is -0.00541. The third kappa shape index (κ3) is 1.94. The Labute approximate surface area is 93.8 Å². The Morgan fingerprint density at radius 2 is 2.14 bits per heavy atom. The lowest BCUT2D eigenvalue weighted by atomic mass is 9.70.